The van der Waals surface area contributed by atoms with Gasteiger partial charge in [-0.15, -0.1) is 0 Å². The van der Waals surface area contributed by atoms with Crippen LogP contribution in [0.25, 0.3) is 0 Å². The number of benzene rings is 2. The highest BCUT2D eigenvalue weighted by molar-refractivity contribution is 8.05. The highest BCUT2D eigenvalue weighted by Gasteiger charge is 2.29. The quantitative estimate of drug-likeness (QED) is 0.415. The fourth-order valence-electron chi connectivity index (χ4n) is 1.68. The summed E-state index contributed by atoms with van der Waals surface area (Å²) in [7, 11) is 0. The Labute approximate surface area is 117 Å². The van der Waals surface area contributed by atoms with Crippen molar-refractivity contribution in [2.75, 3.05) is 0 Å². The van der Waals surface area contributed by atoms with Gasteiger partial charge in [0.2, 0.25) is 0 Å². The van der Waals surface area contributed by atoms with Crippen LogP contribution in [0.15, 0.2) is 31.7 Å². The third-order valence-electron chi connectivity index (χ3n) is 2.59. The zero-order valence-corrected chi connectivity index (χ0v) is 10.9. The first-order valence-corrected chi connectivity index (χ1v) is 6.74. The third kappa shape index (κ3) is 1.89. The van der Waals surface area contributed by atoms with Gasteiger partial charge in [0.05, 0.1) is 9.79 Å². The summed E-state index contributed by atoms with van der Waals surface area (Å²) in [5, 5.41) is 0. The van der Waals surface area contributed by atoms with Gasteiger partial charge in [-0.3, -0.25) is 0 Å². The van der Waals surface area contributed by atoms with Crippen LogP contribution >= 0.6 is 23.5 Å². The highest BCUT2D eigenvalue weighted by Crippen LogP contribution is 2.51. The van der Waals surface area contributed by atoms with E-state index in [1.807, 2.05) is 0 Å². The number of halogens is 6. The first-order valence-electron chi connectivity index (χ1n) is 5.11. The lowest BCUT2D eigenvalue weighted by Crippen LogP contribution is -2.03. The van der Waals surface area contributed by atoms with Gasteiger partial charge in [0.1, 0.15) is 0 Å². The van der Waals surface area contributed by atoms with Gasteiger partial charge in [-0.05, 0) is 12.1 Å². The van der Waals surface area contributed by atoms with Crippen molar-refractivity contribution in [3.63, 3.8) is 0 Å². The molecule has 3 rings (SSSR count). The molecular formula is C12H2F6S2. The molecule has 2 aromatic carbocycles. The van der Waals surface area contributed by atoms with Crippen LogP contribution in [0.2, 0.25) is 0 Å². The van der Waals surface area contributed by atoms with Crippen molar-refractivity contribution in [3.05, 3.63) is 47.0 Å². The van der Waals surface area contributed by atoms with Gasteiger partial charge in [-0.25, -0.2) is 26.3 Å². The van der Waals surface area contributed by atoms with E-state index in [9.17, 15) is 26.3 Å². The Balaban J connectivity index is 2.22. The molecule has 0 radical (unpaired) electrons. The lowest BCUT2D eigenvalue weighted by atomic mass is 10.3. The summed E-state index contributed by atoms with van der Waals surface area (Å²) in [6, 6.07) is 1.46. The monoisotopic (exact) mass is 324 g/mol. The molecule has 0 saturated heterocycles. The van der Waals surface area contributed by atoms with E-state index in [0.29, 0.717) is 23.5 Å². The normalized spacial score (nSPS) is 13.1. The van der Waals surface area contributed by atoms with Crippen LogP contribution in [0.1, 0.15) is 0 Å². The third-order valence-corrected chi connectivity index (χ3v) is 5.14. The van der Waals surface area contributed by atoms with Crippen molar-refractivity contribution in [3.8, 4) is 0 Å². The minimum atomic E-state index is -1.69. The second-order valence-electron chi connectivity index (χ2n) is 3.83. The maximum absolute atomic E-state index is 13.6. The molecule has 0 unspecified atom stereocenters. The Morgan fingerprint density at radius 3 is 1.35 bits per heavy atom. The molecule has 0 nitrogen and oxygen atoms in total. The van der Waals surface area contributed by atoms with Gasteiger partial charge in [0.15, 0.2) is 34.9 Å². The number of fused-ring (bicyclic) bond motifs is 2. The molecule has 0 fully saturated rings. The van der Waals surface area contributed by atoms with Gasteiger partial charge in [-0.2, -0.15) is 0 Å². The smallest absolute Gasteiger partial charge is 0.195 e. The van der Waals surface area contributed by atoms with Crippen molar-refractivity contribution in [1.29, 1.82) is 0 Å². The number of hydrogen-bond acceptors (Lipinski definition) is 2. The van der Waals surface area contributed by atoms with E-state index in [2.05, 4.69) is 0 Å². The van der Waals surface area contributed by atoms with Gasteiger partial charge < -0.3 is 0 Å². The Hall–Kier alpha value is -1.28. The van der Waals surface area contributed by atoms with Gasteiger partial charge in [0.25, 0.3) is 0 Å². The van der Waals surface area contributed by atoms with Crippen LogP contribution < -0.4 is 0 Å². The van der Waals surface area contributed by atoms with Crippen molar-refractivity contribution in [2.24, 2.45) is 0 Å². The van der Waals surface area contributed by atoms with E-state index in [1.54, 1.807) is 0 Å². The Kier molecular flexibility index (Phi) is 3.17. The summed E-state index contributed by atoms with van der Waals surface area (Å²) >= 11 is 1.04. The molecule has 0 atom stereocenters. The summed E-state index contributed by atoms with van der Waals surface area (Å²) in [4.78, 5) is -0.758. The van der Waals surface area contributed by atoms with E-state index >= 15 is 0 Å². The Morgan fingerprint density at radius 1 is 0.550 bits per heavy atom. The summed E-state index contributed by atoms with van der Waals surface area (Å²) < 4.78 is 79.7. The molecule has 0 amide bonds. The first kappa shape index (κ1) is 13.7. The summed E-state index contributed by atoms with van der Waals surface area (Å²) in [6.45, 7) is 0. The second kappa shape index (κ2) is 4.63. The zero-order chi connectivity index (χ0) is 14.6. The average Bonchev–Trinajstić information content (AvgIpc) is 2.41. The minimum absolute atomic E-state index is 0.0238. The van der Waals surface area contributed by atoms with E-state index in [4.69, 9.17) is 0 Å². The molecule has 8 heteroatoms. The first-order chi connectivity index (χ1) is 9.40. The molecule has 104 valence electrons. The van der Waals surface area contributed by atoms with Gasteiger partial charge >= 0.3 is 0 Å². The molecule has 0 bridgehead atoms. The van der Waals surface area contributed by atoms with Crippen LogP contribution in [-0.2, 0) is 0 Å². The van der Waals surface area contributed by atoms with Crippen LogP contribution in [0.3, 0.4) is 0 Å². The van der Waals surface area contributed by atoms with Crippen molar-refractivity contribution in [1.82, 2.24) is 0 Å². The summed E-state index contributed by atoms with van der Waals surface area (Å²) in [6.07, 6.45) is 0. The summed E-state index contributed by atoms with van der Waals surface area (Å²) in [5.41, 5.74) is 0. The lowest BCUT2D eigenvalue weighted by Gasteiger charge is -2.19. The second-order valence-corrected chi connectivity index (χ2v) is 5.94. The molecule has 0 N–H and O–H groups in total. The van der Waals surface area contributed by atoms with E-state index < -0.39 is 34.9 Å². The molecule has 0 aromatic heterocycles. The average molecular weight is 324 g/mol. The molecule has 2 aromatic rings. The van der Waals surface area contributed by atoms with Crippen LogP contribution in [0.4, 0.5) is 26.3 Å². The molecule has 1 aliphatic heterocycles. The fourth-order valence-corrected chi connectivity index (χ4v) is 3.98. The lowest BCUT2D eigenvalue weighted by molar-refractivity contribution is 0.424. The molecule has 1 aliphatic rings. The summed E-state index contributed by atoms with van der Waals surface area (Å²) in [5.74, 6) is -9.15. The topological polar surface area (TPSA) is 0 Å². The predicted molar refractivity (Wildman–Crippen MR) is 60.9 cm³/mol. The predicted octanol–water partition coefficient (Wildman–Crippen LogP) is 5.14. The minimum Gasteiger partial charge on any atom is -0.204 e. The largest absolute Gasteiger partial charge is 0.204 e. The van der Waals surface area contributed by atoms with E-state index in [0.717, 1.165) is 12.1 Å². The highest BCUT2D eigenvalue weighted by atomic mass is 32.2. The van der Waals surface area contributed by atoms with Crippen molar-refractivity contribution >= 4 is 23.5 Å². The molecular weight excluding hydrogens is 322 g/mol. The molecule has 0 aliphatic carbocycles. The van der Waals surface area contributed by atoms with Crippen LogP contribution in [-0.4, -0.2) is 0 Å². The van der Waals surface area contributed by atoms with Crippen LogP contribution in [0, 0.1) is 34.9 Å². The Morgan fingerprint density at radius 2 is 0.950 bits per heavy atom. The fraction of sp³-hybridized carbons (Fsp3) is 0. The van der Waals surface area contributed by atoms with Crippen molar-refractivity contribution in [2.45, 2.75) is 19.6 Å². The van der Waals surface area contributed by atoms with E-state index in [1.165, 1.54) is 0 Å². The molecule has 0 spiro atoms. The Bertz CT molecular complexity index is 682. The molecule has 20 heavy (non-hydrogen) atoms. The molecule has 1 heterocycles. The number of hydrogen-bond donors (Lipinski definition) is 0. The van der Waals surface area contributed by atoms with Crippen molar-refractivity contribution < 1.29 is 26.3 Å². The maximum Gasteiger partial charge on any atom is 0.195 e. The SMILES string of the molecule is Fc1cc2c(c(F)c1F)Sc1c(cc(F)c(F)c1F)S2. The zero-order valence-electron chi connectivity index (χ0n) is 9.24. The molecule has 0 saturated carbocycles. The van der Waals surface area contributed by atoms with Gasteiger partial charge in [0, 0.05) is 9.79 Å². The number of rotatable bonds is 0. The van der Waals surface area contributed by atoms with E-state index in [-0.39, 0.29) is 19.6 Å². The van der Waals surface area contributed by atoms with Crippen LogP contribution in [0.5, 0.6) is 0 Å². The van der Waals surface area contributed by atoms with Gasteiger partial charge in [-0.1, -0.05) is 23.5 Å². The maximum atomic E-state index is 13.6. The standard InChI is InChI=1S/C12H2F6S2/c13-3-1-5-11(9(17)7(3)15)20-12-6(19-5)2-4(14)8(16)10(12)18/h1-2H.